The van der Waals surface area contributed by atoms with Crippen LogP contribution in [-0.2, 0) is 30.7 Å². The van der Waals surface area contributed by atoms with Gasteiger partial charge < -0.3 is 9.47 Å². The molecule has 8 nitrogen and oxygen atoms in total. The highest BCUT2D eigenvalue weighted by atomic mass is 32.2. The number of sulfonamides is 1. The number of aryl methyl sites for hydroxylation is 3. The molecule has 0 unspecified atom stereocenters. The van der Waals surface area contributed by atoms with Gasteiger partial charge in [-0.3, -0.25) is 13.9 Å². The molecule has 194 valence electrons. The lowest BCUT2D eigenvalue weighted by Crippen LogP contribution is -2.19. The van der Waals surface area contributed by atoms with E-state index < -0.39 is 10.0 Å². The van der Waals surface area contributed by atoms with Crippen molar-refractivity contribution in [3.05, 3.63) is 113 Å². The zero-order valence-corrected chi connectivity index (χ0v) is 22.0. The van der Waals surface area contributed by atoms with E-state index in [1.807, 2.05) is 36.4 Å². The first-order valence-electron chi connectivity index (χ1n) is 12.0. The van der Waals surface area contributed by atoms with E-state index in [2.05, 4.69) is 4.72 Å². The van der Waals surface area contributed by atoms with Gasteiger partial charge in [0.25, 0.3) is 10.0 Å². The molecule has 5 aromatic rings. The first-order chi connectivity index (χ1) is 18.2. The molecule has 9 heteroatoms. The summed E-state index contributed by atoms with van der Waals surface area (Å²) in [6.45, 7) is 2.13. The second-order valence-electron chi connectivity index (χ2n) is 8.96. The first kappa shape index (κ1) is 25.2. The quantitative estimate of drug-likeness (QED) is 0.292. The molecule has 4 aromatic carbocycles. The van der Waals surface area contributed by atoms with Crippen LogP contribution in [0.25, 0.3) is 11.0 Å². The summed E-state index contributed by atoms with van der Waals surface area (Å²) >= 11 is 0. The number of imidazole rings is 1. The minimum Gasteiger partial charge on any atom is -0.489 e. The Morgan fingerprint density at radius 2 is 1.45 bits per heavy atom. The van der Waals surface area contributed by atoms with Crippen molar-refractivity contribution in [3.8, 4) is 17.2 Å². The third-order valence-electron chi connectivity index (χ3n) is 6.28. The maximum Gasteiger partial charge on any atom is 0.328 e. The minimum atomic E-state index is -3.94. The Balaban J connectivity index is 1.52. The van der Waals surface area contributed by atoms with Gasteiger partial charge in [0, 0.05) is 26.2 Å². The fourth-order valence-corrected chi connectivity index (χ4v) is 5.55. The number of fused-ring (bicyclic) bond motifs is 1. The van der Waals surface area contributed by atoms with E-state index in [0.29, 0.717) is 34.7 Å². The van der Waals surface area contributed by atoms with Gasteiger partial charge in [-0.25, -0.2) is 13.2 Å². The molecule has 0 aliphatic rings. The van der Waals surface area contributed by atoms with Gasteiger partial charge in [-0.15, -0.1) is 0 Å². The molecule has 0 aliphatic carbocycles. The van der Waals surface area contributed by atoms with E-state index in [9.17, 15) is 13.2 Å². The van der Waals surface area contributed by atoms with Crippen molar-refractivity contribution in [1.82, 2.24) is 9.13 Å². The molecule has 0 fully saturated rings. The van der Waals surface area contributed by atoms with Crippen LogP contribution in [0.5, 0.6) is 17.2 Å². The van der Waals surface area contributed by atoms with Gasteiger partial charge >= 0.3 is 5.69 Å². The molecule has 1 aromatic heterocycles. The topological polar surface area (TPSA) is 91.6 Å². The third-order valence-corrected chi connectivity index (χ3v) is 7.81. The van der Waals surface area contributed by atoms with Crippen LogP contribution in [0.3, 0.4) is 0 Å². The summed E-state index contributed by atoms with van der Waals surface area (Å²) in [7, 11) is -0.646. The van der Waals surface area contributed by atoms with Crippen molar-refractivity contribution in [1.29, 1.82) is 0 Å². The molecule has 0 saturated heterocycles. The highest BCUT2D eigenvalue weighted by Gasteiger charge is 2.21. The third kappa shape index (κ3) is 5.01. The molecule has 1 heterocycles. The molecule has 1 N–H and O–H groups in total. The summed E-state index contributed by atoms with van der Waals surface area (Å²) in [6, 6.07) is 26.9. The van der Waals surface area contributed by atoms with E-state index in [-0.39, 0.29) is 22.0 Å². The van der Waals surface area contributed by atoms with E-state index in [0.717, 1.165) is 5.56 Å². The maximum atomic E-state index is 13.3. The van der Waals surface area contributed by atoms with Gasteiger partial charge in [-0.05, 0) is 42.3 Å². The Kier molecular flexibility index (Phi) is 6.69. The zero-order chi connectivity index (χ0) is 26.9. The molecule has 0 aliphatic heterocycles. The number of hydrogen-bond acceptors (Lipinski definition) is 5. The minimum absolute atomic E-state index is 0.157. The second-order valence-corrected chi connectivity index (χ2v) is 10.6. The van der Waals surface area contributed by atoms with Crippen LogP contribution in [-0.4, -0.2) is 17.6 Å². The van der Waals surface area contributed by atoms with Crippen LogP contribution in [0.2, 0.25) is 0 Å². The van der Waals surface area contributed by atoms with E-state index >= 15 is 0 Å². The molecule has 0 radical (unpaired) electrons. The maximum absolute atomic E-state index is 13.3. The number of rotatable bonds is 8. The number of hydrogen-bond donors (Lipinski definition) is 1. The molecule has 5 rings (SSSR count). The number of nitrogens with zero attached hydrogens (tertiary/aromatic N) is 2. The van der Waals surface area contributed by atoms with Crippen molar-refractivity contribution < 1.29 is 17.9 Å². The van der Waals surface area contributed by atoms with E-state index in [1.54, 1.807) is 75.6 Å². The van der Waals surface area contributed by atoms with Crippen molar-refractivity contribution in [2.45, 2.75) is 18.4 Å². The number of anilines is 1. The normalized spacial score (nSPS) is 11.4. The summed E-state index contributed by atoms with van der Waals surface area (Å²) in [6.07, 6.45) is 0. The molecule has 0 atom stereocenters. The molecular weight excluding hydrogens is 502 g/mol. The standard InChI is InChI=1S/C29H27N3O5S/c1-20-10-7-8-15-28(20)38(34,35)30-24-17-25-26(32(3)29(33)31(25)2)18-27(24)37-23-14-9-13-22(16-23)36-19-21-11-5-4-6-12-21/h4-18,30H,19H2,1-3H3. The average Bonchev–Trinajstić information content (AvgIpc) is 3.11. The predicted molar refractivity (Wildman–Crippen MR) is 147 cm³/mol. The first-order valence-corrected chi connectivity index (χ1v) is 13.4. The SMILES string of the molecule is Cc1ccccc1S(=O)(=O)Nc1cc2c(cc1Oc1cccc(OCc3ccccc3)c1)n(C)c(=O)n2C. The summed E-state index contributed by atoms with van der Waals surface area (Å²) in [5.41, 5.74) is 2.77. The van der Waals surface area contributed by atoms with Gasteiger partial charge in [0.1, 0.15) is 18.1 Å². The van der Waals surface area contributed by atoms with E-state index in [1.165, 1.54) is 9.13 Å². The molecule has 0 bridgehead atoms. The summed E-state index contributed by atoms with van der Waals surface area (Å²) in [5.74, 6) is 1.30. The zero-order valence-electron chi connectivity index (χ0n) is 21.2. The van der Waals surface area contributed by atoms with Gasteiger partial charge in [-0.1, -0.05) is 54.6 Å². The van der Waals surface area contributed by atoms with Crippen LogP contribution in [0.15, 0.2) is 101 Å². The number of aromatic nitrogens is 2. The number of benzene rings is 4. The van der Waals surface area contributed by atoms with Crippen molar-refractivity contribution >= 4 is 26.7 Å². The average molecular weight is 530 g/mol. The van der Waals surface area contributed by atoms with Crippen molar-refractivity contribution in [2.75, 3.05) is 4.72 Å². The lowest BCUT2D eigenvalue weighted by molar-refractivity contribution is 0.304. The van der Waals surface area contributed by atoms with Gasteiger partial charge in [-0.2, -0.15) is 0 Å². The van der Waals surface area contributed by atoms with Crippen molar-refractivity contribution in [2.24, 2.45) is 14.1 Å². The van der Waals surface area contributed by atoms with Gasteiger partial charge in [0.05, 0.1) is 21.6 Å². The van der Waals surface area contributed by atoms with Crippen LogP contribution in [0.1, 0.15) is 11.1 Å². The predicted octanol–water partition coefficient (Wildman–Crippen LogP) is 5.36. The molecule has 38 heavy (non-hydrogen) atoms. The summed E-state index contributed by atoms with van der Waals surface area (Å²) < 4.78 is 44.4. The van der Waals surface area contributed by atoms with Gasteiger partial charge in [0.2, 0.25) is 0 Å². The molecular formula is C29H27N3O5S. The number of ether oxygens (including phenoxy) is 2. The Morgan fingerprint density at radius 1 is 0.789 bits per heavy atom. The highest BCUT2D eigenvalue weighted by Crippen LogP contribution is 2.36. The van der Waals surface area contributed by atoms with Crippen LogP contribution < -0.4 is 19.9 Å². The molecule has 0 spiro atoms. The smallest absolute Gasteiger partial charge is 0.328 e. The van der Waals surface area contributed by atoms with Gasteiger partial charge in [0.15, 0.2) is 5.75 Å². The van der Waals surface area contributed by atoms with Crippen LogP contribution in [0.4, 0.5) is 5.69 Å². The molecule has 0 amide bonds. The Bertz CT molecular complexity index is 1790. The van der Waals surface area contributed by atoms with E-state index in [4.69, 9.17) is 9.47 Å². The fraction of sp³-hybridized carbons (Fsp3) is 0.138. The Labute approximate surface area is 220 Å². The fourth-order valence-electron chi connectivity index (χ4n) is 4.24. The lowest BCUT2D eigenvalue weighted by Gasteiger charge is -2.16. The monoisotopic (exact) mass is 529 g/mol. The largest absolute Gasteiger partial charge is 0.489 e. The van der Waals surface area contributed by atoms with Crippen molar-refractivity contribution in [3.63, 3.8) is 0 Å². The highest BCUT2D eigenvalue weighted by molar-refractivity contribution is 7.92. The van der Waals surface area contributed by atoms with Crippen LogP contribution >= 0.6 is 0 Å². The van der Waals surface area contributed by atoms with Crippen LogP contribution in [0, 0.1) is 6.92 Å². The number of nitrogens with one attached hydrogen (secondary N) is 1. The molecule has 0 saturated carbocycles. The summed E-state index contributed by atoms with van der Waals surface area (Å²) in [4.78, 5) is 12.7. The Hall–Kier alpha value is -4.50. The second kappa shape index (κ2) is 10.1. The summed E-state index contributed by atoms with van der Waals surface area (Å²) in [5, 5.41) is 0. The lowest BCUT2D eigenvalue weighted by atomic mass is 10.2. The Morgan fingerprint density at radius 3 is 2.18 bits per heavy atom.